The van der Waals surface area contributed by atoms with Gasteiger partial charge in [0.1, 0.15) is 36.2 Å². The summed E-state index contributed by atoms with van der Waals surface area (Å²) >= 11 is 0. The number of amides is 1. The number of aliphatic hydroxyl groups excluding tert-OH is 2. The second kappa shape index (κ2) is 10.9. The molecule has 0 aliphatic carbocycles. The average Bonchev–Trinajstić information content (AvgIpc) is 3.27. The van der Waals surface area contributed by atoms with Gasteiger partial charge < -0.3 is 47.0 Å². The van der Waals surface area contributed by atoms with Crippen LogP contribution in [0.5, 0.6) is 0 Å². The highest BCUT2D eigenvalue weighted by atomic mass is 31.2. The molecule has 0 aromatic carbocycles. The number of nitrogen functional groups attached to an aromatic ring is 1. The summed E-state index contributed by atoms with van der Waals surface area (Å²) in [6.07, 6.45) is -2.37. The van der Waals surface area contributed by atoms with Crippen molar-refractivity contribution in [1.29, 1.82) is 0 Å². The fourth-order valence-corrected chi connectivity index (χ4v) is 3.09. The van der Waals surface area contributed by atoms with Crippen LogP contribution in [-0.4, -0.2) is 87.5 Å². The minimum atomic E-state index is -4.72. The Hall–Kier alpha value is -2.76. The first-order chi connectivity index (χ1) is 15.3. The van der Waals surface area contributed by atoms with Crippen molar-refractivity contribution < 1.29 is 48.5 Å². The maximum atomic E-state index is 10.7. The Labute approximate surface area is 185 Å². The quantitative estimate of drug-likeness (QED) is 0.168. The van der Waals surface area contributed by atoms with Gasteiger partial charge in [-0.15, -0.1) is 0 Å². The van der Waals surface area contributed by atoms with Crippen molar-refractivity contribution in [2.24, 2.45) is 11.5 Å². The minimum absolute atomic E-state index is 0.0213. The highest BCUT2D eigenvalue weighted by molar-refractivity contribution is 7.46. The van der Waals surface area contributed by atoms with E-state index in [0.717, 1.165) is 0 Å². The molecule has 0 saturated carbocycles. The molecule has 17 nitrogen and oxygen atoms in total. The number of hydrogen-bond donors (Lipinski definition) is 8. The Kier molecular flexibility index (Phi) is 8.76. The van der Waals surface area contributed by atoms with E-state index in [1.807, 2.05) is 0 Å². The lowest BCUT2D eigenvalue weighted by Crippen LogP contribution is -2.33. The number of anilines is 1. The maximum Gasteiger partial charge on any atom is 0.469 e. The molecule has 1 aliphatic heterocycles. The Morgan fingerprint density at radius 1 is 1.24 bits per heavy atom. The van der Waals surface area contributed by atoms with Crippen LogP contribution in [0, 0.1) is 0 Å². The fraction of sp³-hybridized carbons (Fsp3) is 0.533. The molecule has 0 radical (unpaired) electrons. The number of nitrogens with two attached hydrogens (primary N) is 3. The predicted molar refractivity (Wildman–Crippen MR) is 108 cm³/mol. The molecule has 1 amide bonds. The zero-order valence-corrected chi connectivity index (χ0v) is 17.8. The van der Waals surface area contributed by atoms with Crippen molar-refractivity contribution in [3.05, 3.63) is 12.7 Å². The Bertz CT molecular complexity index is 1030. The van der Waals surface area contributed by atoms with Crippen LogP contribution in [0.2, 0.25) is 0 Å². The van der Waals surface area contributed by atoms with Gasteiger partial charge in [0.2, 0.25) is 5.91 Å². The number of carboxylic acids is 1. The number of fused-ring (bicyclic) bond motifs is 1. The molecule has 2 aromatic heterocycles. The Balaban J connectivity index is 0.000000328. The van der Waals surface area contributed by atoms with Crippen molar-refractivity contribution in [2.75, 3.05) is 12.3 Å². The Morgan fingerprint density at radius 2 is 1.91 bits per heavy atom. The number of phosphoric acid groups is 1. The lowest BCUT2D eigenvalue weighted by Gasteiger charge is -2.16. The van der Waals surface area contributed by atoms with Crippen LogP contribution < -0.4 is 17.2 Å². The van der Waals surface area contributed by atoms with E-state index in [2.05, 4.69) is 19.5 Å². The van der Waals surface area contributed by atoms with E-state index in [9.17, 15) is 24.4 Å². The Morgan fingerprint density at radius 3 is 2.48 bits per heavy atom. The average molecular weight is 493 g/mol. The number of imidazole rings is 1. The van der Waals surface area contributed by atoms with Crippen LogP contribution in [-0.2, 0) is 23.4 Å². The number of carbonyl (C=O) groups excluding carboxylic acids is 1. The minimum Gasteiger partial charge on any atom is -0.480 e. The third-order valence-corrected chi connectivity index (χ3v) is 4.91. The highest BCUT2D eigenvalue weighted by Gasteiger charge is 2.45. The first-order valence-electron chi connectivity index (χ1n) is 9.23. The van der Waals surface area contributed by atoms with E-state index in [4.69, 9.17) is 36.8 Å². The molecule has 0 spiro atoms. The zero-order valence-electron chi connectivity index (χ0n) is 16.9. The lowest BCUT2D eigenvalue weighted by molar-refractivity contribution is -0.138. The number of hydrogen-bond acceptors (Lipinski definition) is 12. The zero-order chi connectivity index (χ0) is 24.9. The third kappa shape index (κ3) is 7.11. The van der Waals surface area contributed by atoms with Crippen molar-refractivity contribution in [3.8, 4) is 0 Å². The van der Waals surface area contributed by atoms with E-state index < -0.39 is 56.9 Å². The lowest BCUT2D eigenvalue weighted by atomic mass is 10.1. The number of rotatable bonds is 8. The van der Waals surface area contributed by atoms with Crippen molar-refractivity contribution in [1.82, 2.24) is 19.5 Å². The normalized spacial score (nSPS) is 23.7. The van der Waals surface area contributed by atoms with Gasteiger partial charge in [0.15, 0.2) is 17.7 Å². The van der Waals surface area contributed by atoms with Gasteiger partial charge >= 0.3 is 13.8 Å². The van der Waals surface area contributed by atoms with Crippen molar-refractivity contribution >= 4 is 36.7 Å². The molecule has 1 fully saturated rings. The first-order valence-corrected chi connectivity index (χ1v) is 10.8. The molecule has 11 N–H and O–H groups in total. The maximum absolute atomic E-state index is 10.7. The second-order valence-electron chi connectivity index (χ2n) is 6.87. The van der Waals surface area contributed by atoms with Crippen LogP contribution in [0.3, 0.4) is 0 Å². The van der Waals surface area contributed by atoms with E-state index in [1.54, 1.807) is 0 Å². The first kappa shape index (κ1) is 26.5. The van der Waals surface area contributed by atoms with Crippen LogP contribution in [0.4, 0.5) is 5.82 Å². The molecule has 184 valence electrons. The molecule has 1 aliphatic rings. The number of aromatic nitrogens is 4. The molecular formula is C15H24N7O10P. The van der Waals surface area contributed by atoms with Gasteiger partial charge in [-0.25, -0.2) is 19.5 Å². The summed E-state index contributed by atoms with van der Waals surface area (Å²) in [6, 6.07) is -0.979. The molecule has 5 atom stereocenters. The molecule has 2 aromatic rings. The summed E-state index contributed by atoms with van der Waals surface area (Å²) in [5, 5.41) is 28.3. The van der Waals surface area contributed by atoms with E-state index in [0.29, 0.717) is 5.52 Å². The van der Waals surface area contributed by atoms with Crippen LogP contribution in [0.15, 0.2) is 12.7 Å². The summed E-state index contributed by atoms with van der Waals surface area (Å²) in [5.74, 6) is -1.50. The molecule has 18 heteroatoms. The summed E-state index contributed by atoms with van der Waals surface area (Å²) in [5.41, 5.74) is 16.1. The van der Waals surface area contributed by atoms with Gasteiger partial charge in [-0.2, -0.15) is 0 Å². The van der Waals surface area contributed by atoms with Gasteiger partial charge in [-0.3, -0.25) is 18.7 Å². The number of phosphoric ester groups is 1. The number of carbonyl (C=O) groups is 2. The topological polar surface area (TPSA) is 292 Å². The molecular weight excluding hydrogens is 469 g/mol. The third-order valence-electron chi connectivity index (χ3n) is 4.42. The smallest absolute Gasteiger partial charge is 0.469 e. The molecule has 33 heavy (non-hydrogen) atoms. The number of nitrogens with zero attached hydrogens (tertiary/aromatic N) is 4. The fourth-order valence-electron chi connectivity index (χ4n) is 2.74. The summed E-state index contributed by atoms with van der Waals surface area (Å²) in [7, 11) is -4.72. The molecule has 1 unspecified atom stereocenters. The number of primary amides is 1. The highest BCUT2D eigenvalue weighted by Crippen LogP contribution is 2.38. The monoisotopic (exact) mass is 493 g/mol. The summed E-state index contributed by atoms with van der Waals surface area (Å²) in [4.78, 5) is 49.3. The molecule has 3 rings (SSSR count). The van der Waals surface area contributed by atoms with Crippen molar-refractivity contribution in [3.63, 3.8) is 0 Å². The predicted octanol–water partition coefficient (Wildman–Crippen LogP) is -3.20. The summed E-state index contributed by atoms with van der Waals surface area (Å²) in [6.45, 7) is -0.594. The number of aliphatic carboxylic acids is 1. The molecule has 0 bridgehead atoms. The number of aliphatic hydroxyl groups is 2. The van der Waals surface area contributed by atoms with Gasteiger partial charge in [-0.1, -0.05) is 0 Å². The standard InChI is InChI=1S/C10H14N5O7P.C5H10N2O3/c11-8-5-9(13-2-12-8)15(3-14-5)10-7(17)6(16)4(22-10)1-21-23(18,19)20;6-3(5(9)10)1-2-4(7)8/h2-4,6-7,10,16-17H,1H2,(H2,11,12,13)(H2,18,19,20);3H,1-2,6H2,(H2,7,8)(H,9,10)/t4-,6-,7-,10-;/m1./s1. The summed E-state index contributed by atoms with van der Waals surface area (Å²) < 4.78 is 21.8. The van der Waals surface area contributed by atoms with Crippen molar-refractivity contribution in [2.45, 2.75) is 43.4 Å². The second-order valence-corrected chi connectivity index (χ2v) is 8.10. The number of ether oxygens (including phenoxy) is 1. The molecule has 3 heterocycles. The van der Waals surface area contributed by atoms with E-state index >= 15 is 0 Å². The molecule has 1 saturated heterocycles. The van der Waals surface area contributed by atoms with E-state index in [1.165, 1.54) is 17.2 Å². The van der Waals surface area contributed by atoms with Gasteiger partial charge in [0.05, 0.1) is 12.9 Å². The van der Waals surface area contributed by atoms with Crippen LogP contribution >= 0.6 is 7.82 Å². The van der Waals surface area contributed by atoms with Gasteiger partial charge in [-0.05, 0) is 6.42 Å². The van der Waals surface area contributed by atoms with Gasteiger partial charge in [0.25, 0.3) is 0 Å². The van der Waals surface area contributed by atoms with Crippen LogP contribution in [0.25, 0.3) is 11.2 Å². The largest absolute Gasteiger partial charge is 0.480 e. The van der Waals surface area contributed by atoms with E-state index in [-0.39, 0.29) is 24.3 Å². The SMILES string of the molecule is NC(=O)CCC(N)C(=O)O.Nc1ncnc2c1ncn2[C@@H]1O[C@H](COP(=O)(O)O)[C@@H](O)[C@H]1O. The van der Waals surface area contributed by atoms with Gasteiger partial charge in [0, 0.05) is 6.42 Å². The van der Waals surface area contributed by atoms with Crippen LogP contribution in [0.1, 0.15) is 19.1 Å². The number of carboxylic acid groups (broad SMARTS) is 1.